The summed E-state index contributed by atoms with van der Waals surface area (Å²) in [6.45, 7) is 6.46. The van der Waals surface area contributed by atoms with Gasteiger partial charge < -0.3 is 5.32 Å². The van der Waals surface area contributed by atoms with Gasteiger partial charge in [-0.2, -0.15) is 13.9 Å². The molecule has 18 heteroatoms. The van der Waals surface area contributed by atoms with Crippen LogP contribution in [0.4, 0.5) is 32.3 Å². The van der Waals surface area contributed by atoms with Crippen LogP contribution in [-0.2, 0) is 33.7 Å². The number of pyridine rings is 2. The molecule has 0 radical (unpaired) electrons. The molecule has 0 saturated heterocycles. The van der Waals surface area contributed by atoms with E-state index in [0.717, 1.165) is 18.4 Å². The van der Waals surface area contributed by atoms with E-state index in [-0.39, 0.29) is 47.0 Å². The van der Waals surface area contributed by atoms with E-state index in [2.05, 4.69) is 37.2 Å². The summed E-state index contributed by atoms with van der Waals surface area (Å²) in [6, 6.07) is 8.10. The number of hydrogen-bond acceptors (Lipinski definition) is 7. The SMILES string of the molecule is Cc1ccc(-c2ccc(C#CC(C)(C)C)nc2[C@H](Cc2cc(F)cc(F)c2)NC(=O)Cn2nc(C(F)F)c3c2C(F)(F)[C@@H]2C[C@H]32)c2nnc(NS(C)(=O)=O)n12. The first-order chi connectivity index (χ1) is 25.7. The van der Waals surface area contributed by atoms with Crippen molar-refractivity contribution < 1.29 is 39.6 Å². The number of aromatic nitrogens is 6. The van der Waals surface area contributed by atoms with Crippen LogP contribution in [0, 0.1) is 41.7 Å². The maximum Gasteiger partial charge on any atom is 0.293 e. The van der Waals surface area contributed by atoms with Gasteiger partial charge in [0.2, 0.25) is 21.9 Å². The summed E-state index contributed by atoms with van der Waals surface area (Å²) in [5.41, 5.74) is -0.384. The maximum absolute atomic E-state index is 15.4. The van der Waals surface area contributed by atoms with Crippen molar-refractivity contribution in [3.05, 3.63) is 93.7 Å². The highest BCUT2D eigenvalue weighted by Crippen LogP contribution is 2.68. The molecular formula is C37H34F6N8O3S. The molecule has 1 fully saturated rings. The molecule has 2 N–H and O–H groups in total. The number of anilines is 1. The molecule has 1 amide bonds. The molecule has 7 rings (SSSR count). The van der Waals surface area contributed by atoms with E-state index in [1.54, 1.807) is 31.2 Å². The van der Waals surface area contributed by atoms with E-state index in [4.69, 9.17) is 4.98 Å². The first-order valence-electron chi connectivity index (χ1n) is 17.1. The van der Waals surface area contributed by atoms with Gasteiger partial charge >= 0.3 is 0 Å². The zero-order valence-electron chi connectivity index (χ0n) is 30.1. The number of carbonyl (C=O) groups is 1. The molecule has 0 bridgehead atoms. The highest BCUT2D eigenvalue weighted by atomic mass is 32.2. The minimum atomic E-state index is -3.78. The van der Waals surface area contributed by atoms with E-state index in [0.29, 0.717) is 27.6 Å². The number of rotatable bonds is 10. The Bertz CT molecular complexity index is 2530. The second-order valence-corrected chi connectivity index (χ2v) is 16.6. The quantitative estimate of drug-likeness (QED) is 0.121. The van der Waals surface area contributed by atoms with Crippen LogP contribution in [0.3, 0.4) is 0 Å². The highest BCUT2D eigenvalue weighted by molar-refractivity contribution is 7.92. The number of amides is 1. The van der Waals surface area contributed by atoms with Gasteiger partial charge in [-0.05, 0) is 94.3 Å². The first-order valence-corrected chi connectivity index (χ1v) is 19.0. The molecule has 0 unspecified atom stereocenters. The zero-order chi connectivity index (χ0) is 39.8. The van der Waals surface area contributed by atoms with Crippen molar-refractivity contribution in [3.8, 4) is 23.0 Å². The number of carbonyl (C=O) groups excluding carboxylic acids is 1. The molecule has 4 aromatic heterocycles. The average Bonchev–Trinajstić information content (AvgIpc) is 3.54. The average molecular weight is 785 g/mol. The Balaban J connectivity index is 1.37. The predicted molar refractivity (Wildman–Crippen MR) is 189 cm³/mol. The summed E-state index contributed by atoms with van der Waals surface area (Å²) in [6.07, 6.45) is -2.45. The van der Waals surface area contributed by atoms with Crippen LogP contribution in [0.2, 0.25) is 0 Å². The molecule has 288 valence electrons. The summed E-state index contributed by atoms with van der Waals surface area (Å²) >= 11 is 0. The third kappa shape index (κ3) is 7.49. The maximum atomic E-state index is 15.4. The monoisotopic (exact) mass is 784 g/mol. The molecule has 1 aromatic carbocycles. The van der Waals surface area contributed by atoms with Gasteiger partial charge in [0, 0.05) is 39.8 Å². The molecule has 0 aliphatic heterocycles. The van der Waals surface area contributed by atoms with Crippen LogP contribution in [-0.4, -0.2) is 49.9 Å². The summed E-state index contributed by atoms with van der Waals surface area (Å²) < 4.78 is 116. The number of halogens is 6. The lowest BCUT2D eigenvalue weighted by Crippen LogP contribution is -2.35. The topological polar surface area (TPSA) is 136 Å². The number of nitrogens with zero attached hydrogens (tertiary/aromatic N) is 6. The largest absolute Gasteiger partial charge is 0.346 e. The van der Waals surface area contributed by atoms with Crippen LogP contribution in [0.1, 0.15) is 85.2 Å². The molecular weight excluding hydrogens is 751 g/mol. The number of benzene rings is 1. The summed E-state index contributed by atoms with van der Waals surface area (Å²) in [5, 5.41) is 14.7. The highest BCUT2D eigenvalue weighted by Gasteiger charge is 2.67. The second-order valence-electron chi connectivity index (χ2n) is 14.9. The van der Waals surface area contributed by atoms with E-state index in [1.165, 1.54) is 4.40 Å². The van der Waals surface area contributed by atoms with E-state index < -0.39 is 81.1 Å². The van der Waals surface area contributed by atoms with E-state index in [1.807, 2.05) is 20.8 Å². The van der Waals surface area contributed by atoms with Gasteiger partial charge in [0.05, 0.1) is 18.0 Å². The fourth-order valence-electron chi connectivity index (χ4n) is 7.01. The Hall–Kier alpha value is -5.44. The predicted octanol–water partition coefficient (Wildman–Crippen LogP) is 6.59. The minimum absolute atomic E-state index is 0.0386. The zero-order valence-corrected chi connectivity index (χ0v) is 30.9. The lowest BCUT2D eigenvalue weighted by Gasteiger charge is -2.23. The molecule has 0 spiro atoms. The van der Waals surface area contributed by atoms with Crippen molar-refractivity contribution in [2.24, 2.45) is 11.3 Å². The minimum Gasteiger partial charge on any atom is -0.346 e. The third-order valence-corrected chi connectivity index (χ3v) is 9.85. The second kappa shape index (κ2) is 13.4. The third-order valence-electron chi connectivity index (χ3n) is 9.29. The van der Waals surface area contributed by atoms with Crippen LogP contribution in [0.15, 0.2) is 42.5 Å². The smallest absolute Gasteiger partial charge is 0.293 e. The molecule has 1 saturated carbocycles. The molecule has 2 aliphatic carbocycles. The standard InChI is InChI=1S/C37H34F6N8O3S/c1-18-6-8-24(34-46-47-35(51(18)34)49-55(5,53)54)23-9-7-22(10-11-36(2,3)4)44-30(23)27(14-19-12-20(38)15-21(39)13-19)45-28(52)17-50-32-29(31(48-50)33(40)41)25-16-26(25)37(32,42)43/h6-9,12-13,15,25-27,33H,14,16-17H2,1-5H3,(H,45,52)(H,47,49)/t25-,26+,27-/m0/s1. The van der Waals surface area contributed by atoms with E-state index in [9.17, 15) is 30.8 Å². The molecule has 55 heavy (non-hydrogen) atoms. The summed E-state index contributed by atoms with van der Waals surface area (Å²) in [7, 11) is -3.78. The Morgan fingerprint density at radius 1 is 1.04 bits per heavy atom. The lowest BCUT2D eigenvalue weighted by atomic mass is 9.94. The van der Waals surface area contributed by atoms with Gasteiger partial charge in [-0.25, -0.2) is 31.0 Å². The molecule has 3 atom stereocenters. The fraction of sp³-hybridized carbons (Fsp3) is 0.378. The van der Waals surface area contributed by atoms with Gasteiger partial charge in [-0.3, -0.25) is 18.6 Å². The van der Waals surface area contributed by atoms with Crippen LogP contribution >= 0.6 is 0 Å². The Labute approximate surface area is 311 Å². The van der Waals surface area contributed by atoms with Crippen molar-refractivity contribution >= 4 is 27.5 Å². The normalized spacial score (nSPS) is 17.7. The molecule has 11 nitrogen and oxygen atoms in total. The Kier molecular flexibility index (Phi) is 9.22. The number of aryl methyl sites for hydroxylation is 1. The van der Waals surface area contributed by atoms with Crippen molar-refractivity contribution in [2.75, 3.05) is 11.0 Å². The number of nitrogens with one attached hydrogen (secondary N) is 2. The van der Waals surface area contributed by atoms with Gasteiger partial charge in [0.15, 0.2) is 5.65 Å². The van der Waals surface area contributed by atoms with Gasteiger partial charge in [-0.1, -0.05) is 5.92 Å². The van der Waals surface area contributed by atoms with Crippen molar-refractivity contribution in [3.63, 3.8) is 0 Å². The van der Waals surface area contributed by atoms with Crippen LogP contribution in [0.25, 0.3) is 16.8 Å². The Morgan fingerprint density at radius 3 is 2.38 bits per heavy atom. The first kappa shape index (κ1) is 37.9. The number of alkyl halides is 4. The number of sulfonamides is 1. The molecule has 4 heterocycles. The van der Waals surface area contributed by atoms with Crippen LogP contribution in [0.5, 0.6) is 0 Å². The van der Waals surface area contributed by atoms with Crippen molar-refractivity contribution in [1.29, 1.82) is 0 Å². The van der Waals surface area contributed by atoms with E-state index >= 15 is 8.78 Å². The lowest BCUT2D eigenvalue weighted by molar-refractivity contribution is -0.123. The van der Waals surface area contributed by atoms with Crippen molar-refractivity contribution in [2.45, 2.75) is 71.4 Å². The Morgan fingerprint density at radius 2 is 1.73 bits per heavy atom. The summed E-state index contributed by atoms with van der Waals surface area (Å²) in [5.74, 6) is -2.17. The molecule has 5 aromatic rings. The van der Waals surface area contributed by atoms with Gasteiger partial charge in [0.25, 0.3) is 12.3 Å². The fourth-order valence-corrected chi connectivity index (χ4v) is 7.48. The van der Waals surface area contributed by atoms with Gasteiger partial charge in [0.1, 0.15) is 35.3 Å². The molecule has 2 aliphatic rings. The van der Waals surface area contributed by atoms with Crippen LogP contribution < -0.4 is 10.0 Å². The van der Waals surface area contributed by atoms with Crippen molar-refractivity contribution in [1.82, 2.24) is 34.7 Å². The number of fused-ring (bicyclic) bond motifs is 4. The van der Waals surface area contributed by atoms with Gasteiger partial charge in [-0.15, -0.1) is 10.2 Å². The summed E-state index contributed by atoms with van der Waals surface area (Å²) in [4.78, 5) is 18.7. The number of hydrogen-bond donors (Lipinski definition) is 2.